The van der Waals surface area contributed by atoms with Crippen molar-refractivity contribution in [2.45, 2.75) is 91.1 Å². The van der Waals surface area contributed by atoms with Crippen molar-refractivity contribution in [2.75, 3.05) is 6.79 Å². The molecule has 0 saturated heterocycles. The number of fused-ring (bicyclic) bond motifs is 2. The molecule has 0 amide bonds. The summed E-state index contributed by atoms with van der Waals surface area (Å²) in [6, 6.07) is 12.7. The number of nitrogens with zero attached hydrogens (tertiary/aromatic N) is 2. The third kappa shape index (κ3) is 6.25. The van der Waals surface area contributed by atoms with E-state index in [1.54, 1.807) is 0 Å². The van der Waals surface area contributed by atoms with E-state index < -0.39 is 11.1 Å². The van der Waals surface area contributed by atoms with Crippen molar-refractivity contribution in [3.63, 3.8) is 0 Å². The van der Waals surface area contributed by atoms with Gasteiger partial charge in [0.2, 0.25) is 6.79 Å². The Kier molecular flexibility index (Phi) is 8.34. The molecular weight excluding hydrogens is 408 g/mol. The molecule has 0 radical (unpaired) electrons. The summed E-state index contributed by atoms with van der Waals surface area (Å²) < 4.78 is 12.4. The zero-order chi connectivity index (χ0) is 23.9. The Balaban J connectivity index is 2.05. The Morgan fingerprint density at radius 3 is 2.15 bits per heavy atom. The minimum atomic E-state index is -0.408. The van der Waals surface area contributed by atoms with E-state index in [9.17, 15) is 0 Å². The van der Waals surface area contributed by atoms with Crippen molar-refractivity contribution in [1.82, 2.24) is 0 Å². The zero-order valence-corrected chi connectivity index (χ0v) is 21.3. The van der Waals surface area contributed by atoms with Crippen LogP contribution >= 0.6 is 0 Å². The molecule has 0 spiro atoms. The monoisotopic (exact) mass is 448 g/mol. The third-order valence-electron chi connectivity index (χ3n) is 6.79. The fraction of sp³-hybridized carbons (Fsp3) is 0.517. The number of benzene rings is 2. The highest BCUT2D eigenvalue weighted by Crippen LogP contribution is 2.32. The van der Waals surface area contributed by atoms with Crippen LogP contribution in [0.25, 0.3) is 0 Å². The third-order valence-corrected chi connectivity index (χ3v) is 6.79. The first-order chi connectivity index (χ1) is 15.8. The van der Waals surface area contributed by atoms with E-state index in [2.05, 4.69) is 71.9 Å². The van der Waals surface area contributed by atoms with Crippen molar-refractivity contribution in [2.24, 2.45) is 9.98 Å². The van der Waals surface area contributed by atoms with Gasteiger partial charge in [0.25, 0.3) is 0 Å². The van der Waals surface area contributed by atoms with Gasteiger partial charge in [0, 0.05) is 23.6 Å². The van der Waals surface area contributed by atoms with E-state index in [1.165, 1.54) is 24.0 Å². The van der Waals surface area contributed by atoms with Gasteiger partial charge in [0.1, 0.15) is 11.5 Å². The number of aliphatic imine (C=N–C) groups is 2. The minimum Gasteiger partial charge on any atom is -0.457 e. The lowest BCUT2D eigenvalue weighted by atomic mass is 9.83. The predicted octanol–water partition coefficient (Wildman–Crippen LogP) is 7.20. The first kappa shape index (κ1) is 25.0. The largest absolute Gasteiger partial charge is 0.457 e. The molecule has 3 rings (SSSR count). The molecule has 0 fully saturated rings. The molecule has 2 aromatic carbocycles. The van der Waals surface area contributed by atoms with Gasteiger partial charge < -0.3 is 9.47 Å². The molecule has 0 unspecified atom stereocenters. The molecule has 1 aliphatic rings. The minimum absolute atomic E-state index is 0.145. The highest BCUT2D eigenvalue weighted by molar-refractivity contribution is 5.86. The summed E-state index contributed by atoms with van der Waals surface area (Å²) in [6.07, 6.45) is 10.5. The number of hydrogen-bond acceptors (Lipinski definition) is 4. The maximum atomic E-state index is 6.24. The number of unbranched alkanes of at least 4 members (excludes halogenated alkanes) is 2. The van der Waals surface area contributed by atoms with Crippen LogP contribution in [0.15, 0.2) is 46.4 Å². The Hall–Kier alpha value is -2.62. The summed E-state index contributed by atoms with van der Waals surface area (Å²) in [7, 11) is 0. The smallest absolute Gasteiger partial charge is 0.230 e. The van der Waals surface area contributed by atoms with Gasteiger partial charge in [0.05, 0.1) is 11.1 Å². The van der Waals surface area contributed by atoms with Crippen molar-refractivity contribution in [1.29, 1.82) is 0 Å². The molecule has 0 saturated carbocycles. The van der Waals surface area contributed by atoms with Crippen LogP contribution in [-0.2, 0) is 12.8 Å². The second kappa shape index (κ2) is 11.0. The molecule has 4 heteroatoms. The van der Waals surface area contributed by atoms with Crippen LogP contribution in [0.3, 0.4) is 0 Å². The van der Waals surface area contributed by atoms with Crippen molar-refractivity contribution >= 4 is 12.4 Å². The fourth-order valence-corrected chi connectivity index (χ4v) is 3.74. The number of rotatable bonds is 6. The van der Waals surface area contributed by atoms with E-state index in [4.69, 9.17) is 19.5 Å². The van der Waals surface area contributed by atoms with Crippen LogP contribution in [0.2, 0.25) is 0 Å². The summed E-state index contributed by atoms with van der Waals surface area (Å²) in [4.78, 5) is 9.98. The maximum Gasteiger partial charge on any atom is 0.230 e. The quantitative estimate of drug-likeness (QED) is 0.469. The molecule has 4 nitrogen and oxygen atoms in total. The van der Waals surface area contributed by atoms with Gasteiger partial charge in [-0.2, -0.15) is 0 Å². The number of ether oxygens (including phenoxy) is 2. The van der Waals surface area contributed by atoms with Gasteiger partial charge in [0.15, 0.2) is 0 Å². The Bertz CT molecular complexity index is 971. The second-order valence-electron chi connectivity index (χ2n) is 9.96. The summed E-state index contributed by atoms with van der Waals surface area (Å²) in [6.45, 7) is 13.1. The summed E-state index contributed by atoms with van der Waals surface area (Å²) >= 11 is 0. The van der Waals surface area contributed by atoms with Crippen molar-refractivity contribution in [3.8, 4) is 11.5 Å². The average molecular weight is 449 g/mol. The fourth-order valence-electron chi connectivity index (χ4n) is 3.74. The van der Waals surface area contributed by atoms with Gasteiger partial charge in [-0.25, -0.2) is 0 Å². The van der Waals surface area contributed by atoms with E-state index in [-0.39, 0.29) is 6.79 Å². The lowest BCUT2D eigenvalue weighted by Gasteiger charge is -2.35. The highest BCUT2D eigenvalue weighted by Gasteiger charge is 2.36. The molecule has 0 aliphatic carbocycles. The van der Waals surface area contributed by atoms with Crippen LogP contribution < -0.4 is 9.47 Å². The van der Waals surface area contributed by atoms with Gasteiger partial charge in [-0.3, -0.25) is 9.98 Å². The molecule has 1 heterocycles. The van der Waals surface area contributed by atoms with E-state index in [0.717, 1.165) is 48.3 Å². The molecule has 33 heavy (non-hydrogen) atoms. The second-order valence-corrected chi connectivity index (χ2v) is 9.96. The van der Waals surface area contributed by atoms with E-state index in [0.29, 0.717) is 0 Å². The standard InChI is InChI=1S/C29H40N2O2/c1-7-9-12-22-16-17-26-25(18-22)20-31-29(5,6)28(3,4)30-19-24-15-11-14-23(13-10-8-2)27(24)33-21-32-26/h11,14-20H,7-10,12-13,21H2,1-6H3/b30-19+,31-20+. The molecule has 178 valence electrons. The lowest BCUT2D eigenvalue weighted by Crippen LogP contribution is -2.42. The number of aryl methyl sites for hydroxylation is 2. The van der Waals surface area contributed by atoms with Gasteiger partial charge >= 0.3 is 0 Å². The van der Waals surface area contributed by atoms with Crippen molar-refractivity contribution < 1.29 is 9.47 Å². The topological polar surface area (TPSA) is 43.2 Å². The van der Waals surface area contributed by atoms with Crippen LogP contribution in [0, 0.1) is 0 Å². The van der Waals surface area contributed by atoms with E-state index in [1.807, 2.05) is 18.5 Å². The molecule has 1 aliphatic heterocycles. The summed E-state index contributed by atoms with van der Waals surface area (Å²) in [5.41, 5.74) is 3.65. The number of para-hydroxylation sites is 1. The Labute approximate surface area is 200 Å². The van der Waals surface area contributed by atoms with Gasteiger partial charge in [-0.15, -0.1) is 0 Å². The highest BCUT2D eigenvalue weighted by atomic mass is 16.7. The molecule has 0 aromatic heterocycles. The molecular formula is C29H40N2O2. The normalized spacial score (nSPS) is 18.8. The first-order valence-corrected chi connectivity index (χ1v) is 12.4. The van der Waals surface area contributed by atoms with Crippen LogP contribution in [0.4, 0.5) is 0 Å². The molecule has 2 aromatic rings. The maximum absolute atomic E-state index is 6.24. The summed E-state index contributed by atoms with van der Waals surface area (Å²) in [5, 5.41) is 0. The van der Waals surface area contributed by atoms with Gasteiger partial charge in [-0.05, 0) is 82.7 Å². The predicted molar refractivity (Wildman–Crippen MR) is 140 cm³/mol. The summed E-state index contributed by atoms with van der Waals surface area (Å²) in [5.74, 6) is 1.66. The number of hydrogen-bond donors (Lipinski definition) is 0. The van der Waals surface area contributed by atoms with Gasteiger partial charge in [-0.1, -0.05) is 44.9 Å². The Morgan fingerprint density at radius 1 is 0.788 bits per heavy atom. The molecule has 0 bridgehead atoms. The van der Waals surface area contributed by atoms with Crippen LogP contribution in [-0.4, -0.2) is 30.3 Å². The lowest BCUT2D eigenvalue weighted by molar-refractivity contribution is 0.118. The van der Waals surface area contributed by atoms with Crippen LogP contribution in [0.5, 0.6) is 11.5 Å². The average Bonchev–Trinajstić information content (AvgIpc) is 2.80. The Morgan fingerprint density at radius 2 is 1.45 bits per heavy atom. The van der Waals surface area contributed by atoms with Crippen LogP contribution in [0.1, 0.15) is 89.5 Å². The SMILES string of the molecule is CCCCc1ccc2c(c1)/C=N/C(C)(C)C(C)(C)/N=C/c1cccc(CCCC)c1OCO2. The molecule has 0 N–H and O–H groups in total. The molecule has 0 atom stereocenters. The van der Waals surface area contributed by atoms with Crippen molar-refractivity contribution in [3.05, 3.63) is 58.7 Å². The zero-order valence-electron chi connectivity index (χ0n) is 21.3. The van der Waals surface area contributed by atoms with E-state index >= 15 is 0 Å². The first-order valence-electron chi connectivity index (χ1n) is 12.4.